The normalized spacial score (nSPS) is 11.3. The molecule has 0 aliphatic carbocycles. The summed E-state index contributed by atoms with van der Waals surface area (Å²) in [6.07, 6.45) is -1.16. The Kier molecular flexibility index (Phi) is 6.57. The molecule has 0 saturated heterocycles. The Hall–Kier alpha value is -3.06. The molecule has 1 unspecified atom stereocenters. The Morgan fingerprint density at radius 1 is 1.15 bits per heavy atom. The van der Waals surface area contributed by atoms with Crippen molar-refractivity contribution in [2.75, 3.05) is 5.73 Å². The highest BCUT2D eigenvalue weighted by Crippen LogP contribution is 2.20. The summed E-state index contributed by atoms with van der Waals surface area (Å²) in [6, 6.07) is 12.8. The van der Waals surface area contributed by atoms with E-state index in [1.807, 2.05) is 30.3 Å². The van der Waals surface area contributed by atoms with Crippen LogP contribution in [0, 0.1) is 0 Å². The maximum absolute atomic E-state index is 12.0. The van der Waals surface area contributed by atoms with E-state index in [4.69, 9.17) is 22.1 Å². The second-order valence-corrected chi connectivity index (χ2v) is 5.85. The van der Waals surface area contributed by atoms with Gasteiger partial charge < -0.3 is 15.8 Å². The number of carbonyl (C=O) groups is 3. The maximum atomic E-state index is 12.0. The van der Waals surface area contributed by atoms with Crippen molar-refractivity contribution in [3.8, 4) is 0 Å². The van der Waals surface area contributed by atoms with Crippen LogP contribution in [0.5, 0.6) is 0 Å². The molecule has 7 nitrogen and oxygen atoms in total. The smallest absolute Gasteiger partial charge is 0.338 e. The zero-order chi connectivity index (χ0) is 19.1. The monoisotopic (exact) mass is 375 g/mol. The third-order valence-electron chi connectivity index (χ3n) is 3.42. The quantitative estimate of drug-likeness (QED) is 0.549. The minimum atomic E-state index is -1.16. The first-order chi connectivity index (χ1) is 12.4. The fourth-order valence-electron chi connectivity index (χ4n) is 1.99. The minimum absolute atomic E-state index is 0.153. The number of urea groups is 1. The van der Waals surface area contributed by atoms with Gasteiger partial charge in [0, 0.05) is 6.54 Å². The predicted octanol–water partition coefficient (Wildman–Crippen LogP) is 2.49. The topological polar surface area (TPSA) is 111 Å². The molecule has 2 aromatic carbocycles. The molecule has 2 aromatic rings. The minimum Gasteiger partial charge on any atom is -0.449 e. The summed E-state index contributed by atoms with van der Waals surface area (Å²) in [7, 11) is 0. The number of nitrogen functional groups attached to an aromatic ring is 1. The van der Waals surface area contributed by atoms with Crippen molar-refractivity contribution in [2.45, 2.75) is 19.6 Å². The Labute approximate surface area is 155 Å². The van der Waals surface area contributed by atoms with Crippen molar-refractivity contribution in [1.82, 2.24) is 10.6 Å². The van der Waals surface area contributed by atoms with Gasteiger partial charge >= 0.3 is 12.0 Å². The highest BCUT2D eigenvalue weighted by molar-refractivity contribution is 6.33. The molecule has 4 N–H and O–H groups in total. The number of nitrogens with one attached hydrogen (secondary N) is 2. The third kappa shape index (κ3) is 5.49. The van der Waals surface area contributed by atoms with Crippen LogP contribution in [0.2, 0.25) is 5.02 Å². The zero-order valence-corrected chi connectivity index (χ0v) is 14.7. The van der Waals surface area contributed by atoms with Gasteiger partial charge in [-0.05, 0) is 30.7 Å². The first kappa shape index (κ1) is 19.3. The van der Waals surface area contributed by atoms with Crippen molar-refractivity contribution in [2.24, 2.45) is 0 Å². The standard InChI is InChI=1S/C18H18ClN3O4/c1-11(26-17(24)13-7-8-14(19)15(20)9-13)16(23)22-18(25)21-10-12-5-3-2-4-6-12/h2-9,11H,10,20H2,1H3,(H2,21,22,23,25). The summed E-state index contributed by atoms with van der Waals surface area (Å²) in [5.41, 5.74) is 6.88. The first-order valence-electron chi connectivity index (χ1n) is 7.75. The lowest BCUT2D eigenvalue weighted by Crippen LogP contribution is -2.44. The molecule has 0 saturated carbocycles. The molecular weight excluding hydrogens is 358 g/mol. The van der Waals surface area contributed by atoms with Crippen molar-refractivity contribution in [1.29, 1.82) is 0 Å². The van der Waals surface area contributed by atoms with Crippen LogP contribution >= 0.6 is 11.6 Å². The third-order valence-corrected chi connectivity index (χ3v) is 3.76. The Balaban J connectivity index is 1.83. The number of nitrogens with two attached hydrogens (primary N) is 1. The van der Waals surface area contributed by atoms with Gasteiger partial charge in [-0.2, -0.15) is 0 Å². The predicted molar refractivity (Wildman–Crippen MR) is 97.6 cm³/mol. The van der Waals surface area contributed by atoms with Gasteiger partial charge in [-0.1, -0.05) is 41.9 Å². The second-order valence-electron chi connectivity index (χ2n) is 5.44. The number of carbonyl (C=O) groups excluding carboxylic acids is 3. The van der Waals surface area contributed by atoms with E-state index >= 15 is 0 Å². The summed E-state index contributed by atoms with van der Waals surface area (Å²) in [6.45, 7) is 1.62. The number of benzene rings is 2. The van der Waals surface area contributed by atoms with E-state index in [-0.39, 0.29) is 17.8 Å². The van der Waals surface area contributed by atoms with Crippen LogP contribution in [0.25, 0.3) is 0 Å². The molecule has 0 radical (unpaired) electrons. The van der Waals surface area contributed by atoms with Crippen LogP contribution in [0.1, 0.15) is 22.8 Å². The van der Waals surface area contributed by atoms with Crippen LogP contribution < -0.4 is 16.4 Å². The van der Waals surface area contributed by atoms with Crippen molar-refractivity contribution >= 4 is 35.2 Å². The van der Waals surface area contributed by atoms with Gasteiger partial charge in [-0.15, -0.1) is 0 Å². The lowest BCUT2D eigenvalue weighted by atomic mass is 10.2. The van der Waals surface area contributed by atoms with Crippen LogP contribution in [0.3, 0.4) is 0 Å². The lowest BCUT2D eigenvalue weighted by molar-refractivity contribution is -0.127. The summed E-state index contributed by atoms with van der Waals surface area (Å²) in [4.78, 5) is 35.7. The van der Waals surface area contributed by atoms with Crippen LogP contribution in [-0.2, 0) is 16.1 Å². The first-order valence-corrected chi connectivity index (χ1v) is 8.13. The van der Waals surface area contributed by atoms with Gasteiger partial charge in [0.15, 0.2) is 6.10 Å². The van der Waals surface area contributed by atoms with E-state index in [0.717, 1.165) is 5.56 Å². The molecule has 0 bridgehead atoms. The molecule has 136 valence electrons. The number of imide groups is 1. The summed E-state index contributed by atoms with van der Waals surface area (Å²) in [5, 5.41) is 4.96. The molecule has 8 heteroatoms. The van der Waals surface area contributed by atoms with Gasteiger partial charge in [0.05, 0.1) is 16.3 Å². The molecule has 3 amide bonds. The number of esters is 1. The fraction of sp³-hybridized carbons (Fsp3) is 0.167. The largest absolute Gasteiger partial charge is 0.449 e. The van der Waals surface area contributed by atoms with Crippen molar-refractivity contribution < 1.29 is 19.1 Å². The van der Waals surface area contributed by atoms with Crippen LogP contribution in [0.15, 0.2) is 48.5 Å². The molecular formula is C18H18ClN3O4. The van der Waals surface area contributed by atoms with Gasteiger partial charge in [0.1, 0.15) is 0 Å². The lowest BCUT2D eigenvalue weighted by Gasteiger charge is -2.13. The van der Waals surface area contributed by atoms with Crippen LogP contribution in [-0.4, -0.2) is 24.0 Å². The van der Waals surface area contributed by atoms with E-state index in [1.165, 1.54) is 25.1 Å². The molecule has 0 fully saturated rings. The second kappa shape index (κ2) is 8.87. The number of halogens is 1. The number of ether oxygens (including phenoxy) is 1. The van der Waals surface area contributed by atoms with E-state index in [9.17, 15) is 14.4 Å². The van der Waals surface area contributed by atoms with Gasteiger partial charge in [-0.3, -0.25) is 10.1 Å². The molecule has 1 atom stereocenters. The Morgan fingerprint density at radius 2 is 1.85 bits per heavy atom. The molecule has 0 aliphatic heterocycles. The average molecular weight is 376 g/mol. The number of rotatable bonds is 5. The summed E-state index contributed by atoms with van der Waals surface area (Å²) >= 11 is 5.79. The van der Waals surface area contributed by atoms with Gasteiger partial charge in [-0.25, -0.2) is 9.59 Å². The number of hydrogen-bond donors (Lipinski definition) is 3. The van der Waals surface area contributed by atoms with E-state index < -0.39 is 24.0 Å². The van der Waals surface area contributed by atoms with Crippen molar-refractivity contribution in [3.63, 3.8) is 0 Å². The molecule has 0 heterocycles. The Bertz CT molecular complexity index is 811. The summed E-state index contributed by atoms with van der Waals surface area (Å²) in [5.74, 6) is -1.49. The van der Waals surface area contributed by atoms with Gasteiger partial charge in [0.25, 0.3) is 5.91 Å². The fourth-order valence-corrected chi connectivity index (χ4v) is 2.11. The highest BCUT2D eigenvalue weighted by atomic mass is 35.5. The Morgan fingerprint density at radius 3 is 2.50 bits per heavy atom. The summed E-state index contributed by atoms with van der Waals surface area (Å²) < 4.78 is 5.03. The number of anilines is 1. The number of hydrogen-bond acceptors (Lipinski definition) is 5. The van der Waals surface area contributed by atoms with E-state index in [0.29, 0.717) is 5.02 Å². The number of amides is 3. The average Bonchev–Trinajstić information content (AvgIpc) is 2.63. The maximum Gasteiger partial charge on any atom is 0.338 e. The highest BCUT2D eigenvalue weighted by Gasteiger charge is 2.21. The molecule has 26 heavy (non-hydrogen) atoms. The molecule has 2 rings (SSSR count). The molecule has 0 aliphatic rings. The molecule has 0 aromatic heterocycles. The van der Waals surface area contributed by atoms with Gasteiger partial charge in [0.2, 0.25) is 0 Å². The van der Waals surface area contributed by atoms with Crippen molar-refractivity contribution in [3.05, 3.63) is 64.7 Å². The molecule has 0 spiro atoms. The SMILES string of the molecule is CC(OC(=O)c1ccc(Cl)c(N)c1)C(=O)NC(=O)NCc1ccccc1. The zero-order valence-electron chi connectivity index (χ0n) is 14.0. The van der Waals surface area contributed by atoms with Crippen LogP contribution in [0.4, 0.5) is 10.5 Å². The van der Waals surface area contributed by atoms with E-state index in [2.05, 4.69) is 10.6 Å². The van der Waals surface area contributed by atoms with E-state index in [1.54, 1.807) is 0 Å².